The van der Waals surface area contributed by atoms with Crippen molar-refractivity contribution < 1.29 is 9.53 Å². The fourth-order valence-electron chi connectivity index (χ4n) is 2.72. The maximum Gasteiger partial charge on any atom is 0.225 e. The van der Waals surface area contributed by atoms with Crippen molar-refractivity contribution in [3.63, 3.8) is 0 Å². The van der Waals surface area contributed by atoms with Crippen molar-refractivity contribution in [1.29, 1.82) is 0 Å². The first-order valence-electron chi connectivity index (χ1n) is 7.88. The molecule has 1 amide bonds. The first kappa shape index (κ1) is 17.1. The molecule has 1 saturated heterocycles. The van der Waals surface area contributed by atoms with Crippen LogP contribution in [0.1, 0.15) is 25.8 Å². The Morgan fingerprint density at radius 1 is 1.32 bits per heavy atom. The zero-order chi connectivity index (χ0) is 16.1. The topological polar surface area (TPSA) is 32.8 Å². The Hall–Kier alpha value is -1.26. The Balaban J connectivity index is 1.93. The summed E-state index contributed by atoms with van der Waals surface area (Å²) in [6, 6.07) is 5.70. The minimum absolute atomic E-state index is 0.125. The summed E-state index contributed by atoms with van der Waals surface area (Å²) in [7, 11) is 1.68. The van der Waals surface area contributed by atoms with E-state index in [-0.39, 0.29) is 11.8 Å². The Labute approximate surface area is 138 Å². The average Bonchev–Trinajstić information content (AvgIpc) is 2.54. The van der Waals surface area contributed by atoms with E-state index in [2.05, 4.69) is 11.8 Å². The third-order valence-corrected chi connectivity index (χ3v) is 4.59. The third-order valence-electron chi connectivity index (χ3n) is 4.35. The van der Waals surface area contributed by atoms with E-state index in [9.17, 15) is 4.79 Å². The van der Waals surface area contributed by atoms with Gasteiger partial charge in [-0.25, -0.2) is 0 Å². The number of amides is 1. The molecule has 4 nitrogen and oxygen atoms in total. The van der Waals surface area contributed by atoms with Crippen LogP contribution in [0.4, 0.5) is 0 Å². The first-order valence-corrected chi connectivity index (χ1v) is 8.26. The van der Waals surface area contributed by atoms with Crippen LogP contribution in [0.25, 0.3) is 0 Å². The largest absolute Gasteiger partial charge is 0.496 e. The normalized spacial score (nSPS) is 17.4. The summed E-state index contributed by atoms with van der Waals surface area (Å²) in [5.74, 6) is 1.27. The minimum atomic E-state index is 0.125. The SMILES string of the molecule is CCC(C)C(=O)N1CCN(Cc2cc(Cl)ccc2OC)CC1. The highest BCUT2D eigenvalue weighted by Gasteiger charge is 2.24. The lowest BCUT2D eigenvalue weighted by Gasteiger charge is -2.36. The van der Waals surface area contributed by atoms with Gasteiger partial charge in [0.15, 0.2) is 0 Å². The summed E-state index contributed by atoms with van der Waals surface area (Å²) in [5.41, 5.74) is 1.09. The van der Waals surface area contributed by atoms with E-state index >= 15 is 0 Å². The number of hydrogen-bond acceptors (Lipinski definition) is 3. The molecule has 2 rings (SSSR count). The Morgan fingerprint density at radius 2 is 2.00 bits per heavy atom. The number of nitrogens with zero attached hydrogens (tertiary/aromatic N) is 2. The molecule has 0 saturated carbocycles. The lowest BCUT2D eigenvalue weighted by molar-refractivity contribution is -0.136. The van der Waals surface area contributed by atoms with E-state index in [1.807, 2.05) is 30.0 Å². The Kier molecular flexibility index (Phi) is 6.09. The van der Waals surface area contributed by atoms with Gasteiger partial charge in [-0.05, 0) is 24.6 Å². The number of piperazine rings is 1. The second-order valence-corrected chi connectivity index (χ2v) is 6.30. The van der Waals surface area contributed by atoms with Crippen LogP contribution in [0.2, 0.25) is 5.02 Å². The molecule has 1 atom stereocenters. The summed E-state index contributed by atoms with van der Waals surface area (Å²) in [4.78, 5) is 16.5. The van der Waals surface area contributed by atoms with Crippen molar-refractivity contribution in [3.05, 3.63) is 28.8 Å². The van der Waals surface area contributed by atoms with E-state index in [4.69, 9.17) is 16.3 Å². The summed E-state index contributed by atoms with van der Waals surface area (Å²) < 4.78 is 5.40. The molecule has 22 heavy (non-hydrogen) atoms. The van der Waals surface area contributed by atoms with Gasteiger partial charge < -0.3 is 9.64 Å². The lowest BCUT2D eigenvalue weighted by atomic mass is 10.1. The quantitative estimate of drug-likeness (QED) is 0.834. The molecule has 1 aliphatic heterocycles. The number of halogens is 1. The van der Waals surface area contributed by atoms with Crippen LogP contribution in [0.3, 0.4) is 0 Å². The van der Waals surface area contributed by atoms with Gasteiger partial charge in [-0.1, -0.05) is 25.4 Å². The molecule has 0 spiro atoms. The second kappa shape index (κ2) is 7.84. The van der Waals surface area contributed by atoms with Gasteiger partial charge in [-0.2, -0.15) is 0 Å². The maximum absolute atomic E-state index is 12.2. The maximum atomic E-state index is 12.2. The molecule has 1 aliphatic rings. The van der Waals surface area contributed by atoms with Crippen LogP contribution in [-0.4, -0.2) is 49.0 Å². The fourth-order valence-corrected chi connectivity index (χ4v) is 2.92. The molecule has 122 valence electrons. The molecule has 0 bridgehead atoms. The standard InChI is InChI=1S/C17H25ClN2O2/c1-4-13(2)17(21)20-9-7-19(8-10-20)12-14-11-15(18)5-6-16(14)22-3/h5-6,11,13H,4,7-10,12H2,1-3H3. The monoisotopic (exact) mass is 324 g/mol. The van der Waals surface area contributed by atoms with E-state index in [0.29, 0.717) is 0 Å². The molecule has 0 aliphatic carbocycles. The summed E-state index contributed by atoms with van der Waals surface area (Å²) in [6.07, 6.45) is 0.902. The van der Waals surface area contributed by atoms with Crippen molar-refractivity contribution in [1.82, 2.24) is 9.80 Å². The van der Waals surface area contributed by atoms with Gasteiger partial charge >= 0.3 is 0 Å². The minimum Gasteiger partial charge on any atom is -0.496 e. The van der Waals surface area contributed by atoms with E-state index in [1.54, 1.807) is 7.11 Å². The molecule has 1 unspecified atom stereocenters. The van der Waals surface area contributed by atoms with Crippen LogP contribution in [-0.2, 0) is 11.3 Å². The molecule has 0 N–H and O–H groups in total. The molecular formula is C17H25ClN2O2. The molecule has 1 aromatic rings. The van der Waals surface area contributed by atoms with E-state index in [0.717, 1.165) is 55.5 Å². The summed E-state index contributed by atoms with van der Waals surface area (Å²) in [5, 5.41) is 0.724. The Morgan fingerprint density at radius 3 is 2.59 bits per heavy atom. The predicted octanol–water partition coefficient (Wildman–Crippen LogP) is 3.04. The number of rotatable bonds is 5. The van der Waals surface area contributed by atoms with Gasteiger partial charge in [-0.15, -0.1) is 0 Å². The molecule has 0 aromatic heterocycles. The highest BCUT2D eigenvalue weighted by atomic mass is 35.5. The van der Waals surface area contributed by atoms with Gasteiger partial charge in [0.1, 0.15) is 5.75 Å². The molecule has 0 radical (unpaired) electrons. The molecular weight excluding hydrogens is 300 g/mol. The number of carbonyl (C=O) groups is 1. The number of methoxy groups -OCH3 is 1. The van der Waals surface area contributed by atoms with Crippen LogP contribution in [0.15, 0.2) is 18.2 Å². The summed E-state index contributed by atoms with van der Waals surface area (Å²) >= 11 is 6.08. The third kappa shape index (κ3) is 4.14. The van der Waals surface area contributed by atoms with Crippen LogP contribution >= 0.6 is 11.6 Å². The zero-order valence-corrected chi connectivity index (χ0v) is 14.4. The number of carbonyl (C=O) groups excluding carboxylic acids is 1. The van der Waals surface area contributed by atoms with Gasteiger partial charge in [-0.3, -0.25) is 9.69 Å². The van der Waals surface area contributed by atoms with Crippen molar-refractivity contribution >= 4 is 17.5 Å². The average molecular weight is 325 g/mol. The smallest absolute Gasteiger partial charge is 0.225 e. The van der Waals surface area contributed by atoms with Gasteiger partial charge in [0.2, 0.25) is 5.91 Å². The Bertz CT molecular complexity index is 513. The van der Waals surface area contributed by atoms with Crippen LogP contribution in [0, 0.1) is 5.92 Å². The van der Waals surface area contributed by atoms with Gasteiger partial charge in [0.05, 0.1) is 7.11 Å². The molecule has 5 heteroatoms. The number of benzene rings is 1. The van der Waals surface area contributed by atoms with Crippen molar-refractivity contribution in [2.24, 2.45) is 5.92 Å². The lowest BCUT2D eigenvalue weighted by Crippen LogP contribution is -2.49. The fraction of sp³-hybridized carbons (Fsp3) is 0.588. The van der Waals surface area contributed by atoms with Crippen molar-refractivity contribution in [3.8, 4) is 5.75 Å². The van der Waals surface area contributed by atoms with Crippen molar-refractivity contribution in [2.75, 3.05) is 33.3 Å². The van der Waals surface area contributed by atoms with Crippen molar-refractivity contribution in [2.45, 2.75) is 26.8 Å². The molecule has 1 aromatic carbocycles. The number of ether oxygens (including phenoxy) is 1. The first-order chi connectivity index (χ1) is 10.5. The van der Waals surface area contributed by atoms with Gasteiger partial charge in [0.25, 0.3) is 0 Å². The van der Waals surface area contributed by atoms with E-state index < -0.39 is 0 Å². The van der Waals surface area contributed by atoms with E-state index in [1.165, 1.54) is 0 Å². The second-order valence-electron chi connectivity index (χ2n) is 5.87. The zero-order valence-electron chi connectivity index (χ0n) is 13.6. The summed E-state index contributed by atoms with van der Waals surface area (Å²) in [6.45, 7) is 8.23. The van der Waals surface area contributed by atoms with Crippen LogP contribution in [0.5, 0.6) is 5.75 Å². The van der Waals surface area contributed by atoms with Crippen LogP contribution < -0.4 is 4.74 Å². The molecule has 1 fully saturated rings. The molecule has 1 heterocycles. The van der Waals surface area contributed by atoms with Gasteiger partial charge in [0, 0.05) is 49.2 Å². The predicted molar refractivity (Wildman–Crippen MR) is 89.3 cm³/mol. The highest BCUT2D eigenvalue weighted by molar-refractivity contribution is 6.30. The highest BCUT2D eigenvalue weighted by Crippen LogP contribution is 2.24. The number of hydrogen-bond donors (Lipinski definition) is 0.